The molecule has 1 rings (SSSR count). The van der Waals surface area contributed by atoms with E-state index in [-0.39, 0.29) is 11.8 Å². The highest BCUT2D eigenvalue weighted by molar-refractivity contribution is 5.87. The number of hydrogen-bond donors (Lipinski definition) is 1. The van der Waals surface area contributed by atoms with Crippen molar-refractivity contribution in [3.05, 3.63) is 0 Å². The first-order chi connectivity index (χ1) is 7.16. The first-order valence-electron chi connectivity index (χ1n) is 5.47. The summed E-state index contributed by atoms with van der Waals surface area (Å²) in [5.74, 6) is -0.757. The molecule has 3 nitrogen and oxygen atoms in total. The van der Waals surface area contributed by atoms with Crippen LogP contribution in [0.25, 0.3) is 0 Å². The lowest BCUT2D eigenvalue weighted by molar-refractivity contribution is -0.133. The maximum atomic E-state index is 12.9. The summed E-state index contributed by atoms with van der Waals surface area (Å²) in [6.07, 6.45) is -2.52. The lowest BCUT2D eigenvalue weighted by Crippen LogP contribution is -2.44. The maximum absolute atomic E-state index is 12.9. The number of halogens is 2. The molecule has 0 radical (unpaired) electrons. The third kappa shape index (κ3) is 2.40. The van der Waals surface area contributed by atoms with Gasteiger partial charge in [0.25, 0.3) is 6.43 Å². The summed E-state index contributed by atoms with van der Waals surface area (Å²) in [5, 5.41) is 1.36. The first-order valence-corrected chi connectivity index (χ1v) is 5.47. The molecule has 0 aromatic heterocycles. The minimum absolute atomic E-state index is 0.109. The Morgan fingerprint density at radius 1 is 1.38 bits per heavy atom. The monoisotopic (exact) mass is 234 g/mol. The number of ketones is 1. The average molecular weight is 234 g/mol. The molecule has 0 spiro atoms. The largest absolute Gasteiger partial charge is 0.299 e. The molecule has 5 heteroatoms. The van der Waals surface area contributed by atoms with Crippen molar-refractivity contribution in [2.45, 2.75) is 46.2 Å². The van der Waals surface area contributed by atoms with Crippen molar-refractivity contribution >= 4 is 5.78 Å². The van der Waals surface area contributed by atoms with Gasteiger partial charge in [0.1, 0.15) is 5.78 Å². The number of nitrogens with zero attached hydrogens (tertiary/aromatic N) is 1. The second-order valence-electron chi connectivity index (χ2n) is 5.49. The van der Waals surface area contributed by atoms with Gasteiger partial charge in [-0.15, -0.1) is 0 Å². The molecule has 0 saturated carbocycles. The summed E-state index contributed by atoms with van der Waals surface area (Å²) >= 11 is 0. The summed E-state index contributed by atoms with van der Waals surface area (Å²) in [7, 11) is 1.56. The minimum atomic E-state index is -2.52. The summed E-state index contributed by atoms with van der Waals surface area (Å²) in [6, 6.07) is -1.27. The standard InChI is InChI=1S/C11H20F2N2O/c1-6-7(9(16)11(2,3)4)8(10(12)13)15(5)14-6/h6-8,10,14H,1-5H3. The Bertz CT molecular complexity index is 276. The molecule has 1 aliphatic rings. The van der Waals surface area contributed by atoms with Gasteiger partial charge in [-0.2, -0.15) is 0 Å². The van der Waals surface area contributed by atoms with Crippen molar-refractivity contribution in [3.8, 4) is 0 Å². The van der Waals surface area contributed by atoms with E-state index >= 15 is 0 Å². The minimum Gasteiger partial charge on any atom is -0.299 e. The Balaban J connectivity index is 2.96. The van der Waals surface area contributed by atoms with E-state index in [9.17, 15) is 13.6 Å². The predicted molar refractivity (Wildman–Crippen MR) is 58.1 cm³/mol. The number of alkyl halides is 2. The normalized spacial score (nSPS) is 32.4. The second kappa shape index (κ2) is 4.37. The zero-order valence-electron chi connectivity index (χ0n) is 10.4. The zero-order chi connectivity index (χ0) is 12.7. The second-order valence-corrected chi connectivity index (χ2v) is 5.49. The van der Waals surface area contributed by atoms with Crippen LogP contribution in [0.15, 0.2) is 0 Å². The quantitative estimate of drug-likeness (QED) is 0.789. The Morgan fingerprint density at radius 3 is 2.25 bits per heavy atom. The van der Waals surface area contributed by atoms with Crippen LogP contribution in [0.1, 0.15) is 27.7 Å². The summed E-state index contributed by atoms with van der Waals surface area (Å²) in [5.41, 5.74) is 2.30. The molecule has 1 N–H and O–H groups in total. The van der Waals surface area contributed by atoms with Gasteiger partial charge in [-0.25, -0.2) is 13.8 Å². The molecular formula is C11H20F2N2O. The van der Waals surface area contributed by atoms with Crippen molar-refractivity contribution in [2.24, 2.45) is 11.3 Å². The van der Waals surface area contributed by atoms with Crippen molar-refractivity contribution in [2.75, 3.05) is 7.05 Å². The molecule has 94 valence electrons. The van der Waals surface area contributed by atoms with E-state index in [0.29, 0.717) is 0 Å². The van der Waals surface area contributed by atoms with E-state index in [4.69, 9.17) is 0 Å². The van der Waals surface area contributed by atoms with Crippen LogP contribution < -0.4 is 5.43 Å². The van der Waals surface area contributed by atoms with Gasteiger partial charge in [-0.1, -0.05) is 20.8 Å². The fourth-order valence-corrected chi connectivity index (χ4v) is 2.23. The zero-order valence-corrected chi connectivity index (χ0v) is 10.4. The summed E-state index contributed by atoms with van der Waals surface area (Å²) in [6.45, 7) is 7.07. The van der Waals surface area contributed by atoms with E-state index in [1.165, 1.54) is 5.01 Å². The van der Waals surface area contributed by atoms with Crippen LogP contribution in [-0.2, 0) is 4.79 Å². The number of carbonyl (C=O) groups is 1. The number of rotatable bonds is 2. The fraction of sp³-hybridized carbons (Fsp3) is 0.909. The molecule has 1 aliphatic heterocycles. The molecular weight excluding hydrogens is 214 g/mol. The van der Waals surface area contributed by atoms with Crippen molar-refractivity contribution in [1.29, 1.82) is 0 Å². The van der Waals surface area contributed by atoms with Crippen LogP contribution in [0.2, 0.25) is 0 Å². The molecule has 3 unspecified atom stereocenters. The smallest absolute Gasteiger partial charge is 0.256 e. The van der Waals surface area contributed by atoms with E-state index in [2.05, 4.69) is 5.43 Å². The number of carbonyl (C=O) groups excluding carboxylic acids is 1. The summed E-state index contributed by atoms with van der Waals surface area (Å²) in [4.78, 5) is 12.1. The van der Waals surface area contributed by atoms with Gasteiger partial charge in [0.2, 0.25) is 0 Å². The highest BCUT2D eigenvalue weighted by Crippen LogP contribution is 2.32. The number of nitrogens with one attached hydrogen (secondary N) is 1. The Labute approximate surface area is 95.2 Å². The van der Waals surface area contributed by atoms with Crippen LogP contribution in [0.5, 0.6) is 0 Å². The molecule has 0 bridgehead atoms. The Morgan fingerprint density at radius 2 is 1.88 bits per heavy atom. The summed E-state index contributed by atoms with van der Waals surface area (Å²) < 4.78 is 25.9. The van der Waals surface area contributed by atoms with Gasteiger partial charge < -0.3 is 0 Å². The molecule has 0 amide bonds. The van der Waals surface area contributed by atoms with E-state index < -0.39 is 23.8 Å². The van der Waals surface area contributed by atoms with E-state index in [1.54, 1.807) is 34.7 Å². The van der Waals surface area contributed by atoms with Gasteiger partial charge >= 0.3 is 0 Å². The Hall–Kier alpha value is -0.550. The molecule has 1 saturated heterocycles. The molecule has 0 aromatic rings. The molecule has 3 atom stereocenters. The third-order valence-electron chi connectivity index (χ3n) is 3.06. The SMILES string of the molecule is CC1NN(C)C(C(F)F)C1C(=O)C(C)(C)C. The van der Waals surface area contributed by atoms with Gasteiger partial charge in [0.05, 0.1) is 12.0 Å². The van der Waals surface area contributed by atoms with Crippen LogP contribution in [-0.4, -0.2) is 36.3 Å². The van der Waals surface area contributed by atoms with Crippen molar-refractivity contribution < 1.29 is 13.6 Å². The highest BCUT2D eigenvalue weighted by atomic mass is 19.3. The van der Waals surface area contributed by atoms with Gasteiger partial charge in [0.15, 0.2) is 0 Å². The van der Waals surface area contributed by atoms with Gasteiger partial charge in [-0.05, 0) is 6.92 Å². The molecule has 1 heterocycles. The van der Waals surface area contributed by atoms with Gasteiger partial charge in [-0.3, -0.25) is 10.2 Å². The van der Waals surface area contributed by atoms with Crippen LogP contribution >= 0.6 is 0 Å². The van der Waals surface area contributed by atoms with Crippen molar-refractivity contribution in [1.82, 2.24) is 10.4 Å². The molecule has 16 heavy (non-hydrogen) atoms. The van der Waals surface area contributed by atoms with Crippen LogP contribution in [0, 0.1) is 11.3 Å². The first kappa shape index (κ1) is 13.5. The lowest BCUT2D eigenvalue weighted by Gasteiger charge is -2.28. The Kier molecular flexibility index (Phi) is 3.69. The number of hydrazine groups is 1. The van der Waals surface area contributed by atoms with Gasteiger partial charge in [0, 0.05) is 18.5 Å². The number of Topliss-reactive ketones (excluding diaryl/α,β-unsaturated/α-hetero) is 1. The number of hydrogen-bond acceptors (Lipinski definition) is 3. The predicted octanol–water partition coefficient (Wildman–Crippen LogP) is 1.69. The van der Waals surface area contributed by atoms with Crippen LogP contribution in [0.3, 0.4) is 0 Å². The molecule has 0 aliphatic carbocycles. The van der Waals surface area contributed by atoms with E-state index in [0.717, 1.165) is 0 Å². The molecule has 1 fully saturated rings. The maximum Gasteiger partial charge on any atom is 0.256 e. The van der Waals surface area contributed by atoms with E-state index in [1.807, 2.05) is 0 Å². The fourth-order valence-electron chi connectivity index (χ4n) is 2.23. The average Bonchev–Trinajstić information content (AvgIpc) is 2.37. The molecule has 0 aromatic carbocycles. The lowest BCUT2D eigenvalue weighted by atomic mass is 9.77. The third-order valence-corrected chi connectivity index (χ3v) is 3.06. The van der Waals surface area contributed by atoms with Crippen LogP contribution in [0.4, 0.5) is 8.78 Å². The van der Waals surface area contributed by atoms with Crippen molar-refractivity contribution in [3.63, 3.8) is 0 Å². The topological polar surface area (TPSA) is 32.3 Å². The highest BCUT2D eigenvalue weighted by Gasteiger charge is 2.49.